The first-order valence-electron chi connectivity index (χ1n) is 6.90. The van der Waals surface area contributed by atoms with E-state index in [1.807, 2.05) is 39.8 Å². The number of nitrogens with one attached hydrogen (secondary N) is 2. The van der Waals surface area contributed by atoms with Gasteiger partial charge in [0.15, 0.2) is 11.5 Å². The Bertz CT molecular complexity index is 540. The van der Waals surface area contributed by atoms with Gasteiger partial charge in [0.25, 0.3) is 0 Å². The molecule has 0 aliphatic carbocycles. The summed E-state index contributed by atoms with van der Waals surface area (Å²) in [5.41, 5.74) is 0.793. The first kappa shape index (κ1) is 16.1. The molecule has 1 aromatic rings. The number of benzene rings is 1. The maximum Gasteiger partial charge on any atom is 0.237 e. The quantitative estimate of drug-likeness (QED) is 0.870. The molecule has 0 saturated heterocycles. The summed E-state index contributed by atoms with van der Waals surface area (Å²) in [7, 11) is 0. The molecule has 2 N–H and O–H groups in total. The molecule has 0 aromatic heterocycles. The van der Waals surface area contributed by atoms with Gasteiger partial charge in [0.05, 0.1) is 6.04 Å². The van der Waals surface area contributed by atoms with E-state index in [1.54, 1.807) is 0 Å². The summed E-state index contributed by atoms with van der Waals surface area (Å²) < 4.78 is 11.6. The summed E-state index contributed by atoms with van der Waals surface area (Å²) in [5, 5.41) is 6.17. The zero-order valence-corrected chi connectivity index (χ0v) is 14.3. The summed E-state index contributed by atoms with van der Waals surface area (Å²) in [4.78, 5) is 12.0. The van der Waals surface area contributed by atoms with Gasteiger partial charge in [0.1, 0.15) is 0 Å². The van der Waals surface area contributed by atoms with Crippen LogP contribution >= 0.6 is 15.9 Å². The van der Waals surface area contributed by atoms with Gasteiger partial charge < -0.3 is 20.1 Å². The SMILES string of the molecule is CC(NCc1cc2c(cc1Br)OCO2)C(=O)NC(C)(C)C. The van der Waals surface area contributed by atoms with Crippen LogP contribution in [0.1, 0.15) is 33.3 Å². The molecule has 1 unspecified atom stereocenters. The van der Waals surface area contributed by atoms with E-state index >= 15 is 0 Å². The number of rotatable bonds is 4. The number of carbonyl (C=O) groups is 1. The molecule has 1 heterocycles. The predicted octanol–water partition coefficient (Wildman–Crippen LogP) is 2.57. The molecule has 2 rings (SSSR count). The van der Waals surface area contributed by atoms with Crippen molar-refractivity contribution in [3.8, 4) is 11.5 Å². The third-order valence-corrected chi connectivity index (χ3v) is 3.77. The van der Waals surface area contributed by atoms with Crippen LogP contribution in [0.15, 0.2) is 16.6 Å². The van der Waals surface area contributed by atoms with Gasteiger partial charge in [0.2, 0.25) is 12.7 Å². The maximum absolute atomic E-state index is 12.0. The van der Waals surface area contributed by atoms with E-state index in [1.165, 1.54) is 0 Å². The summed E-state index contributed by atoms with van der Waals surface area (Å²) >= 11 is 3.51. The lowest BCUT2D eigenvalue weighted by Crippen LogP contribution is -2.49. The molecule has 1 aromatic carbocycles. The molecule has 1 amide bonds. The highest BCUT2D eigenvalue weighted by Gasteiger charge is 2.20. The number of ether oxygens (including phenoxy) is 2. The minimum absolute atomic E-state index is 0.0145. The normalized spacial score (nSPS) is 14.9. The molecule has 0 saturated carbocycles. The van der Waals surface area contributed by atoms with Gasteiger partial charge in [-0.05, 0) is 45.4 Å². The molecule has 0 fully saturated rings. The van der Waals surface area contributed by atoms with Gasteiger partial charge in [-0.2, -0.15) is 0 Å². The van der Waals surface area contributed by atoms with E-state index in [0.29, 0.717) is 6.54 Å². The predicted molar refractivity (Wildman–Crippen MR) is 84.5 cm³/mol. The number of hydrogen-bond acceptors (Lipinski definition) is 4. The molecule has 21 heavy (non-hydrogen) atoms. The largest absolute Gasteiger partial charge is 0.454 e. The van der Waals surface area contributed by atoms with Crippen LogP contribution in [0, 0.1) is 0 Å². The van der Waals surface area contributed by atoms with Crippen molar-refractivity contribution in [3.05, 3.63) is 22.2 Å². The van der Waals surface area contributed by atoms with E-state index in [4.69, 9.17) is 9.47 Å². The zero-order chi connectivity index (χ0) is 15.6. The molecule has 6 heteroatoms. The van der Waals surface area contributed by atoms with Crippen molar-refractivity contribution in [1.29, 1.82) is 0 Å². The van der Waals surface area contributed by atoms with Crippen LogP contribution in [0.2, 0.25) is 0 Å². The first-order chi connectivity index (χ1) is 9.76. The van der Waals surface area contributed by atoms with E-state index in [-0.39, 0.29) is 24.3 Å². The first-order valence-corrected chi connectivity index (χ1v) is 7.69. The fourth-order valence-electron chi connectivity index (χ4n) is 1.93. The minimum Gasteiger partial charge on any atom is -0.454 e. The van der Waals surface area contributed by atoms with Crippen molar-refractivity contribution in [2.45, 2.75) is 45.8 Å². The second kappa shape index (κ2) is 6.23. The summed E-state index contributed by atoms with van der Waals surface area (Å²) in [6.07, 6.45) is 0. The Hall–Kier alpha value is -1.27. The topological polar surface area (TPSA) is 59.6 Å². The number of amides is 1. The Kier molecular flexibility index (Phi) is 4.78. The Morgan fingerprint density at radius 1 is 1.33 bits per heavy atom. The fraction of sp³-hybridized carbons (Fsp3) is 0.533. The Morgan fingerprint density at radius 2 is 1.95 bits per heavy atom. The van der Waals surface area contributed by atoms with Crippen LogP contribution in [0.25, 0.3) is 0 Å². The smallest absolute Gasteiger partial charge is 0.237 e. The monoisotopic (exact) mass is 356 g/mol. The van der Waals surface area contributed by atoms with E-state index < -0.39 is 0 Å². The van der Waals surface area contributed by atoms with Gasteiger partial charge >= 0.3 is 0 Å². The fourth-order valence-corrected chi connectivity index (χ4v) is 2.39. The molecule has 1 atom stereocenters. The van der Waals surface area contributed by atoms with Crippen molar-refractivity contribution in [2.75, 3.05) is 6.79 Å². The minimum atomic E-state index is -0.276. The third-order valence-electron chi connectivity index (χ3n) is 3.03. The average Bonchev–Trinajstić information content (AvgIpc) is 2.80. The highest BCUT2D eigenvalue weighted by molar-refractivity contribution is 9.10. The highest BCUT2D eigenvalue weighted by Crippen LogP contribution is 2.36. The van der Waals surface area contributed by atoms with Crippen molar-refractivity contribution in [3.63, 3.8) is 0 Å². The lowest BCUT2D eigenvalue weighted by Gasteiger charge is -2.23. The molecule has 0 spiro atoms. The van der Waals surface area contributed by atoms with E-state index in [2.05, 4.69) is 26.6 Å². The molecule has 0 bridgehead atoms. The molecule has 1 aliphatic heterocycles. The van der Waals surface area contributed by atoms with E-state index in [9.17, 15) is 4.79 Å². The van der Waals surface area contributed by atoms with Crippen molar-refractivity contribution in [2.24, 2.45) is 0 Å². The summed E-state index contributed by atoms with van der Waals surface area (Å²) in [6, 6.07) is 3.54. The lowest BCUT2D eigenvalue weighted by atomic mass is 10.1. The molecule has 116 valence electrons. The molecule has 1 aliphatic rings. The van der Waals surface area contributed by atoms with Gasteiger partial charge in [0, 0.05) is 16.6 Å². The Labute approximate surface area is 133 Å². The molecule has 5 nitrogen and oxygen atoms in total. The zero-order valence-electron chi connectivity index (χ0n) is 12.7. The van der Waals surface area contributed by atoms with E-state index in [0.717, 1.165) is 21.5 Å². The Morgan fingerprint density at radius 3 is 2.57 bits per heavy atom. The van der Waals surface area contributed by atoms with Gasteiger partial charge in [-0.3, -0.25) is 4.79 Å². The third kappa shape index (κ3) is 4.35. The van der Waals surface area contributed by atoms with Crippen molar-refractivity contribution < 1.29 is 14.3 Å². The lowest BCUT2D eigenvalue weighted by molar-refractivity contribution is -0.124. The average molecular weight is 357 g/mol. The molecule has 0 radical (unpaired) electrons. The van der Waals surface area contributed by atoms with Crippen LogP contribution in [-0.2, 0) is 11.3 Å². The number of carbonyl (C=O) groups excluding carboxylic acids is 1. The van der Waals surface area contributed by atoms with Crippen LogP contribution in [-0.4, -0.2) is 24.3 Å². The Balaban J connectivity index is 1.95. The van der Waals surface area contributed by atoms with Crippen LogP contribution in [0.3, 0.4) is 0 Å². The molecular weight excluding hydrogens is 336 g/mol. The second-order valence-electron chi connectivity index (χ2n) is 6.14. The van der Waals surface area contributed by atoms with Gasteiger partial charge in [-0.1, -0.05) is 15.9 Å². The number of hydrogen-bond donors (Lipinski definition) is 2. The van der Waals surface area contributed by atoms with Gasteiger partial charge in [-0.25, -0.2) is 0 Å². The maximum atomic E-state index is 12.0. The van der Waals surface area contributed by atoms with Crippen molar-refractivity contribution >= 4 is 21.8 Å². The highest BCUT2D eigenvalue weighted by atomic mass is 79.9. The van der Waals surface area contributed by atoms with Crippen molar-refractivity contribution in [1.82, 2.24) is 10.6 Å². The van der Waals surface area contributed by atoms with Gasteiger partial charge in [-0.15, -0.1) is 0 Å². The van der Waals surface area contributed by atoms with Crippen LogP contribution < -0.4 is 20.1 Å². The summed E-state index contributed by atoms with van der Waals surface area (Å²) in [6.45, 7) is 8.56. The van der Waals surface area contributed by atoms with Crippen LogP contribution in [0.4, 0.5) is 0 Å². The number of halogens is 1. The standard InChI is InChI=1S/C15H21BrN2O3/c1-9(14(19)18-15(2,3)4)17-7-10-5-12-13(6-11(10)16)21-8-20-12/h5-6,9,17H,7-8H2,1-4H3,(H,18,19). The molecular formula is C15H21BrN2O3. The second-order valence-corrected chi connectivity index (χ2v) is 6.99. The summed E-state index contributed by atoms with van der Waals surface area (Å²) in [5.74, 6) is 1.46. The van der Waals surface area contributed by atoms with Crippen LogP contribution in [0.5, 0.6) is 11.5 Å². The number of fused-ring (bicyclic) bond motifs is 1.